The molecule has 98 valence electrons. The van der Waals surface area contributed by atoms with Crippen LogP contribution in [0.15, 0.2) is 0 Å². The Hall–Kier alpha value is -0.770. The van der Waals surface area contributed by atoms with Crippen molar-refractivity contribution in [1.82, 2.24) is 4.90 Å². The molecule has 1 unspecified atom stereocenters. The molecule has 1 heterocycles. The van der Waals surface area contributed by atoms with Crippen molar-refractivity contribution < 1.29 is 14.6 Å². The molecular weight excluding hydrogens is 218 g/mol. The Morgan fingerprint density at radius 3 is 2.47 bits per heavy atom. The van der Waals surface area contributed by atoms with Gasteiger partial charge in [0.25, 0.3) is 0 Å². The average Bonchev–Trinajstić information content (AvgIpc) is 2.52. The van der Waals surface area contributed by atoms with Crippen LogP contribution in [0.1, 0.15) is 52.9 Å². The summed E-state index contributed by atoms with van der Waals surface area (Å²) in [5, 5.41) is 9.39. The van der Waals surface area contributed by atoms with E-state index in [-0.39, 0.29) is 24.3 Å². The molecule has 0 aromatic heterocycles. The molecule has 1 aliphatic heterocycles. The van der Waals surface area contributed by atoms with Crippen LogP contribution in [0.2, 0.25) is 0 Å². The highest BCUT2D eigenvalue weighted by Gasteiger charge is 2.53. The topological polar surface area (TPSA) is 49.8 Å². The molecule has 1 saturated carbocycles. The average molecular weight is 241 g/mol. The van der Waals surface area contributed by atoms with Crippen molar-refractivity contribution in [3.8, 4) is 0 Å². The van der Waals surface area contributed by atoms with Gasteiger partial charge in [-0.2, -0.15) is 0 Å². The van der Waals surface area contributed by atoms with Gasteiger partial charge in [0.2, 0.25) is 0 Å². The van der Waals surface area contributed by atoms with E-state index in [0.29, 0.717) is 0 Å². The van der Waals surface area contributed by atoms with Crippen LogP contribution < -0.4 is 0 Å². The summed E-state index contributed by atoms with van der Waals surface area (Å²) in [4.78, 5) is 14.1. The second kappa shape index (κ2) is 4.16. The fourth-order valence-electron chi connectivity index (χ4n) is 2.97. The summed E-state index contributed by atoms with van der Waals surface area (Å²) in [6.45, 7) is 5.67. The largest absolute Gasteiger partial charge is 0.444 e. The van der Waals surface area contributed by atoms with Gasteiger partial charge in [-0.15, -0.1) is 0 Å². The van der Waals surface area contributed by atoms with Gasteiger partial charge in [-0.1, -0.05) is 0 Å². The lowest BCUT2D eigenvalue weighted by atomic mass is 9.75. The molecule has 17 heavy (non-hydrogen) atoms. The lowest BCUT2D eigenvalue weighted by molar-refractivity contribution is -0.0280. The zero-order valence-electron chi connectivity index (χ0n) is 11.0. The zero-order chi connectivity index (χ0) is 12.7. The van der Waals surface area contributed by atoms with Crippen molar-refractivity contribution in [2.24, 2.45) is 0 Å². The third kappa shape index (κ3) is 2.28. The van der Waals surface area contributed by atoms with Crippen LogP contribution in [-0.4, -0.2) is 39.9 Å². The molecule has 2 rings (SSSR count). The minimum atomic E-state index is -0.468. The minimum absolute atomic E-state index is 0.00424. The maximum Gasteiger partial charge on any atom is 0.411 e. The van der Waals surface area contributed by atoms with Gasteiger partial charge in [0.05, 0.1) is 12.6 Å². The molecule has 0 radical (unpaired) electrons. The Morgan fingerprint density at radius 1 is 1.41 bits per heavy atom. The Morgan fingerprint density at radius 2 is 2.06 bits per heavy atom. The van der Waals surface area contributed by atoms with Crippen LogP contribution >= 0.6 is 0 Å². The maximum absolute atomic E-state index is 12.2. The summed E-state index contributed by atoms with van der Waals surface area (Å²) >= 11 is 0. The van der Waals surface area contributed by atoms with Crippen LogP contribution in [0.25, 0.3) is 0 Å². The Balaban J connectivity index is 2.12. The first-order chi connectivity index (χ1) is 7.88. The Labute approximate surface area is 103 Å². The minimum Gasteiger partial charge on any atom is -0.444 e. The molecule has 0 aromatic carbocycles. The van der Waals surface area contributed by atoms with Gasteiger partial charge in [-0.25, -0.2) is 4.79 Å². The molecule has 2 fully saturated rings. The van der Waals surface area contributed by atoms with Crippen molar-refractivity contribution in [2.75, 3.05) is 6.61 Å². The van der Waals surface area contributed by atoms with Crippen molar-refractivity contribution in [3.05, 3.63) is 0 Å². The summed E-state index contributed by atoms with van der Waals surface area (Å²) < 4.78 is 5.46. The second-order valence-electron chi connectivity index (χ2n) is 6.30. The number of aliphatic hydroxyl groups excluding tert-OH is 1. The van der Waals surface area contributed by atoms with E-state index in [9.17, 15) is 9.90 Å². The van der Waals surface area contributed by atoms with Gasteiger partial charge in [-0.3, -0.25) is 4.90 Å². The Bertz CT molecular complexity index is 304. The van der Waals surface area contributed by atoms with E-state index in [1.54, 1.807) is 0 Å². The van der Waals surface area contributed by atoms with Crippen LogP contribution in [0.3, 0.4) is 0 Å². The van der Waals surface area contributed by atoms with Crippen LogP contribution in [0, 0.1) is 0 Å². The Kier molecular flexibility index (Phi) is 3.10. The number of nitrogens with zero attached hydrogens (tertiary/aromatic N) is 1. The van der Waals surface area contributed by atoms with Gasteiger partial charge in [-0.05, 0) is 52.9 Å². The number of ether oxygens (including phenoxy) is 1. The number of likely N-dealkylation sites (tertiary alicyclic amines) is 1. The van der Waals surface area contributed by atoms with Gasteiger partial charge < -0.3 is 9.84 Å². The van der Waals surface area contributed by atoms with Gasteiger partial charge in [0, 0.05) is 5.54 Å². The molecule has 0 bridgehead atoms. The SMILES string of the molecule is CC(C)(C)OC(=O)N1C(CO)CCC12CCC2. The second-order valence-corrected chi connectivity index (χ2v) is 6.30. The summed E-state index contributed by atoms with van der Waals surface area (Å²) in [5.74, 6) is 0. The lowest BCUT2D eigenvalue weighted by Crippen LogP contribution is -2.56. The molecule has 4 nitrogen and oxygen atoms in total. The van der Waals surface area contributed by atoms with Gasteiger partial charge >= 0.3 is 6.09 Å². The molecule has 1 atom stereocenters. The number of amides is 1. The molecule has 1 aliphatic carbocycles. The normalized spacial score (nSPS) is 27.1. The van der Waals surface area contributed by atoms with Crippen molar-refractivity contribution in [1.29, 1.82) is 0 Å². The fraction of sp³-hybridized carbons (Fsp3) is 0.923. The summed E-state index contributed by atoms with van der Waals surface area (Å²) in [6, 6.07) is -0.0508. The van der Waals surface area contributed by atoms with Gasteiger partial charge in [0.1, 0.15) is 5.60 Å². The molecule has 1 saturated heterocycles. The molecule has 1 N–H and O–H groups in total. The van der Waals surface area contributed by atoms with Crippen LogP contribution in [-0.2, 0) is 4.74 Å². The third-order valence-electron chi connectivity index (χ3n) is 3.90. The van der Waals surface area contributed by atoms with E-state index in [2.05, 4.69) is 0 Å². The highest BCUT2D eigenvalue weighted by Crippen LogP contribution is 2.48. The molecule has 1 spiro atoms. The van der Waals surface area contributed by atoms with Crippen molar-refractivity contribution >= 4 is 6.09 Å². The lowest BCUT2D eigenvalue weighted by Gasteiger charge is -2.47. The number of rotatable bonds is 1. The summed E-state index contributed by atoms with van der Waals surface area (Å²) in [6.07, 6.45) is 4.95. The first-order valence-corrected chi connectivity index (χ1v) is 6.51. The standard InChI is InChI=1S/C13H23NO3/c1-12(2,3)17-11(16)14-10(9-15)5-8-13(14)6-4-7-13/h10,15H,4-9H2,1-3H3. The molecule has 1 amide bonds. The summed E-state index contributed by atoms with van der Waals surface area (Å²) in [7, 11) is 0. The van der Waals surface area contributed by atoms with E-state index in [0.717, 1.165) is 25.7 Å². The maximum atomic E-state index is 12.2. The predicted octanol–water partition coefficient (Wildman–Crippen LogP) is 2.30. The van der Waals surface area contributed by atoms with E-state index in [4.69, 9.17) is 4.74 Å². The number of carbonyl (C=O) groups excluding carboxylic acids is 1. The fourth-order valence-corrected chi connectivity index (χ4v) is 2.97. The first-order valence-electron chi connectivity index (χ1n) is 6.51. The molecule has 0 aromatic rings. The molecule has 2 aliphatic rings. The monoisotopic (exact) mass is 241 g/mol. The van der Waals surface area contributed by atoms with E-state index < -0.39 is 5.60 Å². The molecule has 4 heteroatoms. The van der Waals surface area contributed by atoms with E-state index >= 15 is 0 Å². The predicted molar refractivity (Wildman–Crippen MR) is 64.8 cm³/mol. The number of aliphatic hydroxyl groups is 1. The molecular formula is C13H23NO3. The van der Waals surface area contributed by atoms with Gasteiger partial charge in [0.15, 0.2) is 0 Å². The van der Waals surface area contributed by atoms with Crippen LogP contribution in [0.5, 0.6) is 0 Å². The highest BCUT2D eigenvalue weighted by atomic mass is 16.6. The number of carbonyl (C=O) groups is 1. The number of hydrogen-bond acceptors (Lipinski definition) is 3. The van der Waals surface area contributed by atoms with Crippen LogP contribution in [0.4, 0.5) is 4.79 Å². The van der Waals surface area contributed by atoms with Crippen molar-refractivity contribution in [2.45, 2.75) is 70.1 Å². The van der Waals surface area contributed by atoms with E-state index in [1.807, 2.05) is 25.7 Å². The van der Waals surface area contributed by atoms with Crippen molar-refractivity contribution in [3.63, 3.8) is 0 Å². The highest BCUT2D eigenvalue weighted by molar-refractivity contribution is 5.70. The smallest absolute Gasteiger partial charge is 0.411 e. The number of hydrogen-bond donors (Lipinski definition) is 1. The summed E-state index contributed by atoms with van der Waals surface area (Å²) in [5.41, 5.74) is -0.472. The zero-order valence-corrected chi connectivity index (χ0v) is 11.0. The quantitative estimate of drug-likeness (QED) is 0.766. The third-order valence-corrected chi connectivity index (χ3v) is 3.90. The first kappa shape index (κ1) is 12.7. The van der Waals surface area contributed by atoms with E-state index in [1.165, 1.54) is 6.42 Å².